The molecule has 2 saturated heterocycles. The molecule has 8 heteroatoms. The molecule has 1 spiro atoms. The number of likely N-dealkylation sites (tertiary alicyclic amines) is 1. The first kappa shape index (κ1) is 22.9. The molecule has 2 aromatic carbocycles. The summed E-state index contributed by atoms with van der Waals surface area (Å²) in [4.78, 5) is 44.5. The average Bonchev–Trinajstić information content (AvgIpc) is 3.12. The molecular weight excluding hydrogens is 460 g/mol. The van der Waals surface area contributed by atoms with E-state index in [0.29, 0.717) is 13.0 Å². The Morgan fingerprint density at radius 1 is 1.00 bits per heavy atom. The molecule has 0 aromatic heterocycles. The highest BCUT2D eigenvalue weighted by molar-refractivity contribution is 6.06. The molecule has 4 heterocycles. The van der Waals surface area contributed by atoms with Crippen molar-refractivity contribution >= 4 is 34.2 Å². The lowest BCUT2D eigenvalue weighted by Gasteiger charge is -2.37. The SMILES string of the molecule is C[C@]12C=CCOC(=O)[C@H]1[C@H]1C(=O)N(CCCO)C3C(=O)N(c4ccc5ccccc5c4)CC=C[C@@]31O2. The highest BCUT2D eigenvalue weighted by Crippen LogP contribution is 2.57. The second-order valence-electron chi connectivity index (χ2n) is 10.0. The molecule has 2 fully saturated rings. The largest absolute Gasteiger partial charge is 0.461 e. The highest BCUT2D eigenvalue weighted by atomic mass is 16.6. The summed E-state index contributed by atoms with van der Waals surface area (Å²) >= 11 is 0. The molecule has 4 aliphatic rings. The Kier molecular flexibility index (Phi) is 5.28. The number of amides is 2. The number of cyclic esters (lactones) is 1. The van der Waals surface area contributed by atoms with Crippen LogP contribution in [-0.4, -0.2) is 71.3 Å². The van der Waals surface area contributed by atoms with Gasteiger partial charge in [-0.25, -0.2) is 0 Å². The topological polar surface area (TPSA) is 96.4 Å². The van der Waals surface area contributed by atoms with Crippen molar-refractivity contribution < 1.29 is 29.0 Å². The zero-order chi connectivity index (χ0) is 25.1. The van der Waals surface area contributed by atoms with E-state index in [1.807, 2.05) is 48.5 Å². The summed E-state index contributed by atoms with van der Waals surface area (Å²) in [5.74, 6) is -2.89. The van der Waals surface area contributed by atoms with E-state index in [9.17, 15) is 19.5 Å². The molecule has 1 N–H and O–H groups in total. The minimum absolute atomic E-state index is 0.115. The zero-order valence-corrected chi connectivity index (χ0v) is 20.0. The van der Waals surface area contributed by atoms with Crippen LogP contribution in [0.5, 0.6) is 0 Å². The molecule has 1 unspecified atom stereocenters. The Bertz CT molecular complexity index is 1320. The van der Waals surface area contributed by atoms with E-state index in [1.54, 1.807) is 30.1 Å². The summed E-state index contributed by atoms with van der Waals surface area (Å²) in [5.41, 5.74) is -1.69. The van der Waals surface area contributed by atoms with Crippen LogP contribution in [-0.2, 0) is 23.9 Å². The van der Waals surface area contributed by atoms with Gasteiger partial charge in [-0.15, -0.1) is 0 Å². The fourth-order valence-electron chi connectivity index (χ4n) is 6.41. The number of aliphatic hydroxyl groups excluding tert-OH is 1. The van der Waals surface area contributed by atoms with Gasteiger partial charge in [-0.05, 0) is 42.3 Å². The number of fused-ring (bicyclic) bond motifs is 3. The number of hydrogen-bond acceptors (Lipinski definition) is 6. The van der Waals surface area contributed by atoms with Crippen LogP contribution in [0.3, 0.4) is 0 Å². The molecular formula is C28H28N2O6. The third-order valence-electron chi connectivity index (χ3n) is 7.91. The Labute approximate surface area is 208 Å². The summed E-state index contributed by atoms with van der Waals surface area (Å²) in [6, 6.07) is 12.8. The van der Waals surface area contributed by atoms with E-state index >= 15 is 0 Å². The van der Waals surface area contributed by atoms with Gasteiger partial charge in [0.2, 0.25) is 5.91 Å². The molecule has 186 valence electrons. The van der Waals surface area contributed by atoms with Crippen LogP contribution >= 0.6 is 0 Å². The first-order valence-electron chi connectivity index (χ1n) is 12.3. The van der Waals surface area contributed by atoms with Crippen molar-refractivity contribution in [3.8, 4) is 0 Å². The summed E-state index contributed by atoms with van der Waals surface area (Å²) in [7, 11) is 0. The maximum absolute atomic E-state index is 14.3. The number of benzene rings is 2. The number of carbonyl (C=O) groups excluding carboxylic acids is 3. The van der Waals surface area contributed by atoms with Crippen molar-refractivity contribution in [3.05, 3.63) is 66.8 Å². The van der Waals surface area contributed by atoms with Gasteiger partial charge in [-0.1, -0.05) is 48.6 Å². The van der Waals surface area contributed by atoms with E-state index in [-0.39, 0.29) is 31.6 Å². The van der Waals surface area contributed by atoms with Gasteiger partial charge in [0.05, 0.1) is 11.5 Å². The van der Waals surface area contributed by atoms with Gasteiger partial charge in [0.15, 0.2) is 0 Å². The number of esters is 1. The lowest BCUT2D eigenvalue weighted by molar-refractivity contribution is -0.156. The van der Waals surface area contributed by atoms with Gasteiger partial charge in [-0.2, -0.15) is 0 Å². The van der Waals surface area contributed by atoms with Crippen LogP contribution in [0, 0.1) is 11.8 Å². The van der Waals surface area contributed by atoms with E-state index in [4.69, 9.17) is 9.47 Å². The monoisotopic (exact) mass is 488 g/mol. The van der Waals surface area contributed by atoms with E-state index in [1.165, 1.54) is 4.90 Å². The van der Waals surface area contributed by atoms with Crippen molar-refractivity contribution in [2.24, 2.45) is 11.8 Å². The normalized spacial score (nSPS) is 33.3. The van der Waals surface area contributed by atoms with Gasteiger partial charge < -0.3 is 24.4 Å². The average molecular weight is 489 g/mol. The smallest absolute Gasteiger partial charge is 0.313 e. The van der Waals surface area contributed by atoms with Gasteiger partial charge in [0, 0.05) is 25.4 Å². The second-order valence-corrected chi connectivity index (χ2v) is 10.0. The minimum Gasteiger partial charge on any atom is -0.461 e. The first-order valence-corrected chi connectivity index (χ1v) is 12.3. The summed E-state index contributed by atoms with van der Waals surface area (Å²) in [6.07, 6.45) is 7.47. The third kappa shape index (κ3) is 3.17. The number of rotatable bonds is 4. The fourth-order valence-corrected chi connectivity index (χ4v) is 6.41. The summed E-state index contributed by atoms with van der Waals surface area (Å²) < 4.78 is 12.0. The van der Waals surface area contributed by atoms with Crippen LogP contribution in [0.15, 0.2) is 66.8 Å². The molecule has 0 saturated carbocycles. The molecule has 4 aliphatic heterocycles. The summed E-state index contributed by atoms with van der Waals surface area (Å²) in [6.45, 7) is 2.25. The predicted molar refractivity (Wildman–Crippen MR) is 132 cm³/mol. The predicted octanol–water partition coefficient (Wildman–Crippen LogP) is 2.21. The quantitative estimate of drug-likeness (QED) is 0.524. The summed E-state index contributed by atoms with van der Waals surface area (Å²) in [5, 5.41) is 11.6. The Balaban J connectivity index is 1.47. The van der Waals surface area contributed by atoms with Crippen LogP contribution in [0.1, 0.15) is 13.3 Å². The van der Waals surface area contributed by atoms with E-state index < -0.39 is 35.0 Å². The maximum Gasteiger partial charge on any atom is 0.313 e. The fraction of sp³-hybridized carbons (Fsp3) is 0.393. The Morgan fingerprint density at radius 2 is 1.81 bits per heavy atom. The first-order chi connectivity index (χ1) is 17.4. The molecule has 2 aromatic rings. The molecule has 6 rings (SSSR count). The van der Waals surface area contributed by atoms with Crippen LogP contribution in [0.2, 0.25) is 0 Å². The van der Waals surface area contributed by atoms with Crippen molar-refractivity contribution in [1.29, 1.82) is 0 Å². The Hall–Kier alpha value is -3.49. The molecule has 0 bridgehead atoms. The third-order valence-corrected chi connectivity index (χ3v) is 7.91. The van der Waals surface area contributed by atoms with E-state index in [0.717, 1.165) is 16.5 Å². The van der Waals surface area contributed by atoms with Crippen LogP contribution in [0.25, 0.3) is 10.8 Å². The van der Waals surface area contributed by atoms with Crippen molar-refractivity contribution in [2.45, 2.75) is 30.6 Å². The Morgan fingerprint density at radius 3 is 2.61 bits per heavy atom. The zero-order valence-electron chi connectivity index (χ0n) is 20.0. The molecule has 0 aliphatic carbocycles. The van der Waals surface area contributed by atoms with Crippen LogP contribution in [0.4, 0.5) is 5.69 Å². The number of aliphatic hydroxyl groups is 1. The number of carbonyl (C=O) groups is 3. The lowest BCUT2D eigenvalue weighted by atomic mass is 9.75. The standard InChI is InChI=1S/C28H28N2O6/c1-27-11-5-16-35-26(34)22(27)21-24(32)30(14-6-15-31)23-25(33)29(13-4-12-28(21,23)36-27)20-10-9-18-7-2-3-8-19(18)17-20/h2-5,7-12,17,21-23,31H,6,13-16H2,1H3/t21-,22+,23?,27-,28-/m0/s1. The van der Waals surface area contributed by atoms with Crippen molar-refractivity contribution in [1.82, 2.24) is 4.90 Å². The molecule has 36 heavy (non-hydrogen) atoms. The van der Waals surface area contributed by atoms with E-state index in [2.05, 4.69) is 0 Å². The molecule has 0 radical (unpaired) electrons. The van der Waals surface area contributed by atoms with Gasteiger partial charge in [0.25, 0.3) is 5.91 Å². The number of hydrogen-bond donors (Lipinski definition) is 1. The maximum atomic E-state index is 14.3. The van der Waals surface area contributed by atoms with Gasteiger partial charge >= 0.3 is 5.97 Å². The minimum atomic E-state index is -1.32. The van der Waals surface area contributed by atoms with Crippen molar-refractivity contribution in [3.63, 3.8) is 0 Å². The second kappa shape index (κ2) is 8.28. The number of nitrogens with zero attached hydrogens (tertiary/aromatic N) is 2. The van der Waals surface area contributed by atoms with Crippen molar-refractivity contribution in [2.75, 3.05) is 31.2 Å². The van der Waals surface area contributed by atoms with Gasteiger partial charge in [-0.3, -0.25) is 14.4 Å². The number of ether oxygens (including phenoxy) is 2. The van der Waals surface area contributed by atoms with Crippen LogP contribution < -0.4 is 4.90 Å². The highest BCUT2D eigenvalue weighted by Gasteiger charge is 2.74. The number of anilines is 1. The lowest BCUT2D eigenvalue weighted by Crippen LogP contribution is -2.56. The van der Waals surface area contributed by atoms with Gasteiger partial charge in [0.1, 0.15) is 24.2 Å². The molecule has 8 nitrogen and oxygen atoms in total. The molecule has 5 atom stereocenters. The molecule has 2 amide bonds.